The van der Waals surface area contributed by atoms with Crippen LogP contribution in [0, 0.1) is 0 Å². The standard InChI is InChI=1S/C13H17NO3/c1-8(2)17-13-7-11(9(3)15)5-6-12(13)14-10(4)16/h5-8H,1-4H3,(H,14,16). The van der Waals surface area contributed by atoms with E-state index in [1.54, 1.807) is 18.2 Å². The Kier molecular flexibility index (Phi) is 4.26. The molecule has 4 nitrogen and oxygen atoms in total. The van der Waals surface area contributed by atoms with Crippen molar-refractivity contribution in [3.63, 3.8) is 0 Å². The molecule has 0 bridgehead atoms. The lowest BCUT2D eigenvalue weighted by Gasteiger charge is -2.15. The topological polar surface area (TPSA) is 55.4 Å². The number of amides is 1. The molecule has 0 aromatic heterocycles. The molecule has 0 heterocycles. The summed E-state index contributed by atoms with van der Waals surface area (Å²) in [6.45, 7) is 6.70. The van der Waals surface area contributed by atoms with Gasteiger partial charge in [-0.2, -0.15) is 0 Å². The van der Waals surface area contributed by atoms with Gasteiger partial charge < -0.3 is 10.1 Å². The normalized spacial score (nSPS) is 10.2. The molecule has 0 spiro atoms. The van der Waals surface area contributed by atoms with Crippen molar-refractivity contribution in [1.29, 1.82) is 0 Å². The Morgan fingerprint density at radius 3 is 2.35 bits per heavy atom. The Bertz CT molecular complexity index is 438. The van der Waals surface area contributed by atoms with Crippen molar-refractivity contribution in [3.8, 4) is 5.75 Å². The van der Waals surface area contributed by atoms with Crippen LogP contribution in [0.3, 0.4) is 0 Å². The summed E-state index contributed by atoms with van der Waals surface area (Å²) in [5.74, 6) is 0.310. The molecule has 0 aliphatic heterocycles. The van der Waals surface area contributed by atoms with Crippen molar-refractivity contribution in [2.75, 3.05) is 5.32 Å². The van der Waals surface area contributed by atoms with E-state index in [2.05, 4.69) is 5.32 Å². The van der Waals surface area contributed by atoms with Gasteiger partial charge in [-0.3, -0.25) is 9.59 Å². The molecule has 1 amide bonds. The van der Waals surface area contributed by atoms with Gasteiger partial charge >= 0.3 is 0 Å². The fraction of sp³-hybridized carbons (Fsp3) is 0.385. The third-order valence-electron chi connectivity index (χ3n) is 2.06. The van der Waals surface area contributed by atoms with Crippen molar-refractivity contribution >= 4 is 17.4 Å². The molecular weight excluding hydrogens is 218 g/mol. The second-order valence-corrected chi connectivity index (χ2v) is 4.11. The van der Waals surface area contributed by atoms with Gasteiger partial charge in [-0.25, -0.2) is 0 Å². The molecule has 1 rings (SSSR count). The smallest absolute Gasteiger partial charge is 0.221 e. The summed E-state index contributed by atoms with van der Waals surface area (Å²) >= 11 is 0. The SMILES string of the molecule is CC(=O)Nc1ccc(C(C)=O)cc1OC(C)C. The van der Waals surface area contributed by atoms with E-state index < -0.39 is 0 Å². The van der Waals surface area contributed by atoms with E-state index in [4.69, 9.17) is 4.74 Å². The Hall–Kier alpha value is -1.84. The fourth-order valence-electron chi connectivity index (χ4n) is 1.39. The van der Waals surface area contributed by atoms with Crippen LogP contribution in [0.15, 0.2) is 18.2 Å². The zero-order chi connectivity index (χ0) is 13.0. The monoisotopic (exact) mass is 235 g/mol. The maximum Gasteiger partial charge on any atom is 0.221 e. The van der Waals surface area contributed by atoms with Crippen LogP contribution in [0.5, 0.6) is 5.75 Å². The predicted molar refractivity (Wildman–Crippen MR) is 66.5 cm³/mol. The Balaban J connectivity index is 3.11. The van der Waals surface area contributed by atoms with Gasteiger partial charge in [0.2, 0.25) is 5.91 Å². The fourth-order valence-corrected chi connectivity index (χ4v) is 1.39. The number of hydrogen-bond donors (Lipinski definition) is 1. The van der Waals surface area contributed by atoms with Gasteiger partial charge in [0.1, 0.15) is 5.75 Å². The van der Waals surface area contributed by atoms with Crippen LogP contribution in [-0.4, -0.2) is 17.8 Å². The molecule has 0 aliphatic rings. The van der Waals surface area contributed by atoms with Crippen LogP contribution in [0.2, 0.25) is 0 Å². The number of carbonyl (C=O) groups is 2. The summed E-state index contributed by atoms with van der Waals surface area (Å²) in [5, 5.41) is 2.67. The molecule has 92 valence electrons. The molecule has 4 heteroatoms. The third-order valence-corrected chi connectivity index (χ3v) is 2.06. The molecule has 0 saturated heterocycles. The van der Waals surface area contributed by atoms with E-state index in [0.717, 1.165) is 0 Å². The number of anilines is 1. The average molecular weight is 235 g/mol. The van der Waals surface area contributed by atoms with Crippen molar-refractivity contribution < 1.29 is 14.3 Å². The Morgan fingerprint density at radius 2 is 1.88 bits per heavy atom. The van der Waals surface area contributed by atoms with E-state index in [-0.39, 0.29) is 17.8 Å². The number of nitrogens with one attached hydrogen (secondary N) is 1. The highest BCUT2D eigenvalue weighted by atomic mass is 16.5. The zero-order valence-corrected chi connectivity index (χ0v) is 10.5. The summed E-state index contributed by atoms with van der Waals surface area (Å²) in [6.07, 6.45) is -0.0234. The number of Topliss-reactive ketones (excluding diaryl/α,β-unsaturated/α-hetero) is 1. The first-order chi connectivity index (χ1) is 7.90. The number of carbonyl (C=O) groups excluding carboxylic acids is 2. The molecule has 0 saturated carbocycles. The lowest BCUT2D eigenvalue weighted by molar-refractivity contribution is -0.114. The van der Waals surface area contributed by atoms with Gasteiger partial charge in [0.15, 0.2) is 5.78 Å². The largest absolute Gasteiger partial charge is 0.489 e. The van der Waals surface area contributed by atoms with Crippen LogP contribution < -0.4 is 10.1 Å². The number of hydrogen-bond acceptors (Lipinski definition) is 3. The van der Waals surface area contributed by atoms with E-state index in [0.29, 0.717) is 17.0 Å². The Labute approximate surface area is 101 Å². The first-order valence-electron chi connectivity index (χ1n) is 5.49. The molecule has 1 aromatic rings. The van der Waals surface area contributed by atoms with Gasteiger partial charge in [-0.1, -0.05) is 0 Å². The van der Waals surface area contributed by atoms with Gasteiger partial charge in [0, 0.05) is 12.5 Å². The average Bonchev–Trinajstić information content (AvgIpc) is 2.18. The van der Waals surface area contributed by atoms with E-state index in [1.165, 1.54) is 13.8 Å². The molecule has 1 N–H and O–H groups in total. The molecule has 0 radical (unpaired) electrons. The highest BCUT2D eigenvalue weighted by Crippen LogP contribution is 2.27. The van der Waals surface area contributed by atoms with E-state index >= 15 is 0 Å². The van der Waals surface area contributed by atoms with Crippen LogP contribution in [0.25, 0.3) is 0 Å². The highest BCUT2D eigenvalue weighted by molar-refractivity contribution is 5.96. The minimum Gasteiger partial charge on any atom is -0.489 e. The second kappa shape index (κ2) is 5.48. The molecule has 1 aromatic carbocycles. The van der Waals surface area contributed by atoms with Crippen molar-refractivity contribution in [2.45, 2.75) is 33.8 Å². The van der Waals surface area contributed by atoms with Crippen LogP contribution in [0.1, 0.15) is 38.1 Å². The quantitative estimate of drug-likeness (QED) is 0.816. The van der Waals surface area contributed by atoms with Crippen molar-refractivity contribution in [2.24, 2.45) is 0 Å². The highest BCUT2D eigenvalue weighted by Gasteiger charge is 2.10. The maximum absolute atomic E-state index is 11.3. The molecule has 0 unspecified atom stereocenters. The van der Waals surface area contributed by atoms with Crippen LogP contribution in [0.4, 0.5) is 5.69 Å². The minimum atomic E-state index is -0.172. The minimum absolute atomic E-state index is 0.0234. The zero-order valence-electron chi connectivity index (χ0n) is 10.5. The molecule has 17 heavy (non-hydrogen) atoms. The van der Waals surface area contributed by atoms with Crippen LogP contribution in [-0.2, 0) is 4.79 Å². The first-order valence-corrected chi connectivity index (χ1v) is 5.49. The van der Waals surface area contributed by atoms with Gasteiger partial charge in [0.25, 0.3) is 0 Å². The van der Waals surface area contributed by atoms with Gasteiger partial charge in [-0.15, -0.1) is 0 Å². The summed E-state index contributed by atoms with van der Waals surface area (Å²) in [4.78, 5) is 22.3. The number of ketones is 1. The van der Waals surface area contributed by atoms with E-state index in [1.807, 2.05) is 13.8 Å². The second-order valence-electron chi connectivity index (χ2n) is 4.11. The molecule has 0 aliphatic carbocycles. The lowest BCUT2D eigenvalue weighted by atomic mass is 10.1. The third kappa shape index (κ3) is 3.90. The summed E-state index contributed by atoms with van der Waals surface area (Å²) in [6, 6.07) is 4.99. The molecular formula is C13H17NO3. The van der Waals surface area contributed by atoms with E-state index in [9.17, 15) is 9.59 Å². The first kappa shape index (κ1) is 13.2. The predicted octanol–water partition coefficient (Wildman–Crippen LogP) is 2.63. The summed E-state index contributed by atoms with van der Waals surface area (Å²) in [5.41, 5.74) is 1.14. The summed E-state index contributed by atoms with van der Waals surface area (Å²) in [7, 11) is 0. The lowest BCUT2D eigenvalue weighted by Crippen LogP contribution is -2.12. The van der Waals surface area contributed by atoms with Gasteiger partial charge in [0.05, 0.1) is 11.8 Å². The number of benzene rings is 1. The maximum atomic E-state index is 11.3. The number of rotatable bonds is 4. The van der Waals surface area contributed by atoms with Crippen molar-refractivity contribution in [1.82, 2.24) is 0 Å². The van der Waals surface area contributed by atoms with Gasteiger partial charge in [-0.05, 0) is 39.0 Å². The number of ether oxygens (including phenoxy) is 1. The molecule has 0 fully saturated rings. The Morgan fingerprint density at radius 1 is 1.24 bits per heavy atom. The van der Waals surface area contributed by atoms with Crippen molar-refractivity contribution in [3.05, 3.63) is 23.8 Å². The summed E-state index contributed by atoms with van der Waals surface area (Å²) < 4.78 is 5.57. The van der Waals surface area contributed by atoms with Crippen LogP contribution >= 0.6 is 0 Å². The molecule has 0 atom stereocenters.